The lowest BCUT2D eigenvalue weighted by atomic mass is 9.87. The second-order valence-electron chi connectivity index (χ2n) is 10.5. The maximum absolute atomic E-state index is 13.6. The van der Waals surface area contributed by atoms with Gasteiger partial charge in [0.05, 0.1) is 22.8 Å². The molecule has 0 fully saturated rings. The molecule has 6 nitrogen and oxygen atoms in total. The molecule has 1 heterocycles. The van der Waals surface area contributed by atoms with E-state index in [4.69, 9.17) is 0 Å². The number of nitrogens with one attached hydrogen (secondary N) is 2. The molecule has 0 radical (unpaired) electrons. The first-order valence-electron chi connectivity index (χ1n) is 11.7. The lowest BCUT2D eigenvalue weighted by molar-refractivity contribution is -0.120. The summed E-state index contributed by atoms with van der Waals surface area (Å²) in [7, 11) is -3.39. The van der Waals surface area contributed by atoms with E-state index in [0.29, 0.717) is 22.4 Å². The van der Waals surface area contributed by atoms with Gasteiger partial charge in [-0.05, 0) is 59.6 Å². The van der Waals surface area contributed by atoms with E-state index in [1.807, 2.05) is 12.1 Å². The number of benzene rings is 2. The molecule has 3 N–H and O–H groups in total. The highest BCUT2D eigenvalue weighted by molar-refractivity contribution is 7.91. The second-order valence-corrected chi connectivity index (χ2v) is 12.6. The largest absolute Gasteiger partial charge is 0.390 e. The Morgan fingerprint density at radius 1 is 1.11 bits per heavy atom. The fourth-order valence-electron chi connectivity index (χ4n) is 4.56. The van der Waals surface area contributed by atoms with E-state index in [1.165, 1.54) is 6.92 Å². The fraction of sp³-hybridized carbons (Fsp3) is 0.500. The molecule has 0 saturated carbocycles. The Labute approximate surface area is 206 Å². The number of rotatable bonds is 8. The van der Waals surface area contributed by atoms with Gasteiger partial charge in [0.25, 0.3) is 0 Å². The molecule has 9 heteroatoms. The van der Waals surface area contributed by atoms with Crippen molar-refractivity contribution in [2.75, 3.05) is 12.3 Å². The van der Waals surface area contributed by atoms with Crippen molar-refractivity contribution in [3.8, 4) is 0 Å². The molecule has 3 rings (SSSR count). The number of fused-ring (bicyclic) bond motifs is 1. The molecule has 0 bridgehead atoms. The number of carbonyl (C=O) groups is 1. The first kappa shape index (κ1) is 27.2. The normalized spacial score (nSPS) is 19.0. The van der Waals surface area contributed by atoms with Gasteiger partial charge in [-0.1, -0.05) is 32.9 Å². The summed E-state index contributed by atoms with van der Waals surface area (Å²) < 4.78 is 52.6. The number of carbonyl (C=O) groups excluding carboxylic acids is 1. The lowest BCUT2D eigenvalue weighted by Crippen LogP contribution is -2.49. The molecule has 0 aromatic heterocycles. The monoisotopic (exact) mass is 508 g/mol. The predicted octanol–water partition coefficient (Wildman–Crippen LogP) is 3.47. The van der Waals surface area contributed by atoms with Crippen LogP contribution in [0.25, 0.3) is 0 Å². The molecule has 0 saturated heterocycles. The smallest absolute Gasteiger partial charge is 0.217 e. The van der Waals surface area contributed by atoms with Crippen molar-refractivity contribution < 1.29 is 27.1 Å². The van der Waals surface area contributed by atoms with Crippen LogP contribution in [0.3, 0.4) is 0 Å². The maximum Gasteiger partial charge on any atom is 0.217 e. The van der Waals surface area contributed by atoms with Crippen molar-refractivity contribution in [2.45, 2.75) is 70.0 Å². The highest BCUT2D eigenvalue weighted by Gasteiger charge is 2.32. The van der Waals surface area contributed by atoms with Gasteiger partial charge in [-0.3, -0.25) is 4.79 Å². The summed E-state index contributed by atoms with van der Waals surface area (Å²) in [5.41, 5.74) is 2.04. The van der Waals surface area contributed by atoms with E-state index in [-0.39, 0.29) is 36.1 Å². The van der Waals surface area contributed by atoms with Gasteiger partial charge in [-0.25, -0.2) is 17.2 Å². The molecule has 2 aromatic rings. The summed E-state index contributed by atoms with van der Waals surface area (Å²) >= 11 is 0. The Morgan fingerprint density at radius 2 is 1.77 bits per heavy atom. The minimum Gasteiger partial charge on any atom is -0.390 e. The van der Waals surface area contributed by atoms with Gasteiger partial charge in [-0.15, -0.1) is 0 Å². The lowest BCUT2D eigenvalue weighted by Gasteiger charge is -2.30. The first-order chi connectivity index (χ1) is 16.2. The molecule has 3 atom stereocenters. The zero-order chi connectivity index (χ0) is 26.0. The van der Waals surface area contributed by atoms with E-state index in [2.05, 4.69) is 31.4 Å². The van der Waals surface area contributed by atoms with Crippen molar-refractivity contribution in [2.24, 2.45) is 5.41 Å². The van der Waals surface area contributed by atoms with E-state index in [0.717, 1.165) is 30.2 Å². The molecule has 192 valence electrons. The van der Waals surface area contributed by atoms with Crippen LogP contribution in [0.2, 0.25) is 0 Å². The highest BCUT2D eigenvalue weighted by Crippen LogP contribution is 2.34. The van der Waals surface area contributed by atoms with Crippen molar-refractivity contribution in [3.05, 3.63) is 64.7 Å². The summed E-state index contributed by atoms with van der Waals surface area (Å²) in [5, 5.41) is 16.8. The Balaban J connectivity index is 1.78. The van der Waals surface area contributed by atoms with Crippen LogP contribution in [-0.4, -0.2) is 43.9 Å². The SMILES string of the molecule is CC(=O)N[C@@H](Cc1cc(F)cc(F)c1)[C@H](O)CNC1CCS(=O)(=O)c2ccc(CC(C)(C)C)cc21. The number of hydrogen-bond acceptors (Lipinski definition) is 5. The van der Waals surface area contributed by atoms with Crippen LogP contribution >= 0.6 is 0 Å². The van der Waals surface area contributed by atoms with Crippen molar-refractivity contribution in [1.29, 1.82) is 0 Å². The Kier molecular flexibility index (Phi) is 8.34. The standard InChI is InChI=1S/C26H34F2N2O4S/c1-16(31)30-23(12-18-9-19(27)13-20(28)10-18)24(32)15-29-22-7-8-35(33,34)25-6-5-17(11-21(22)25)14-26(2,3)4/h5-6,9-11,13,22-24,29,32H,7-8,12,14-15H2,1-4H3,(H,30,31)/t22?,23-,24+/m0/s1. The topological polar surface area (TPSA) is 95.5 Å². The van der Waals surface area contributed by atoms with Crippen LogP contribution in [0.4, 0.5) is 8.78 Å². The molecule has 1 aliphatic rings. The van der Waals surface area contributed by atoms with Gasteiger partial charge in [0.1, 0.15) is 11.6 Å². The van der Waals surface area contributed by atoms with E-state index < -0.39 is 33.6 Å². The van der Waals surface area contributed by atoms with Crippen LogP contribution in [0.1, 0.15) is 56.8 Å². The Hall–Kier alpha value is -2.36. The van der Waals surface area contributed by atoms with Gasteiger partial charge in [-0.2, -0.15) is 0 Å². The molecule has 35 heavy (non-hydrogen) atoms. The number of amides is 1. The summed E-state index contributed by atoms with van der Waals surface area (Å²) in [6.45, 7) is 7.69. The average molecular weight is 509 g/mol. The molecule has 2 aromatic carbocycles. The quantitative estimate of drug-likeness (QED) is 0.508. The maximum atomic E-state index is 13.6. The number of hydrogen-bond donors (Lipinski definition) is 3. The Bertz CT molecular complexity index is 1160. The third kappa shape index (κ3) is 7.56. The minimum atomic E-state index is -3.39. The van der Waals surface area contributed by atoms with Crippen LogP contribution in [0, 0.1) is 17.0 Å². The Morgan fingerprint density at radius 3 is 2.37 bits per heavy atom. The van der Waals surface area contributed by atoms with Crippen LogP contribution in [-0.2, 0) is 27.5 Å². The summed E-state index contributed by atoms with van der Waals surface area (Å²) in [4.78, 5) is 12.0. The molecule has 0 spiro atoms. The number of aliphatic hydroxyl groups excluding tert-OH is 1. The van der Waals surface area contributed by atoms with Crippen molar-refractivity contribution in [3.63, 3.8) is 0 Å². The van der Waals surface area contributed by atoms with Crippen LogP contribution < -0.4 is 10.6 Å². The first-order valence-corrected chi connectivity index (χ1v) is 13.4. The second kappa shape index (κ2) is 10.7. The van der Waals surface area contributed by atoms with Gasteiger partial charge < -0.3 is 15.7 Å². The number of halogens is 2. The average Bonchev–Trinajstić information content (AvgIpc) is 2.70. The van der Waals surface area contributed by atoms with E-state index in [1.54, 1.807) is 6.07 Å². The van der Waals surface area contributed by atoms with Crippen molar-refractivity contribution in [1.82, 2.24) is 10.6 Å². The minimum absolute atomic E-state index is 0.00985. The third-order valence-corrected chi connectivity index (χ3v) is 7.81. The van der Waals surface area contributed by atoms with Crippen LogP contribution in [0.15, 0.2) is 41.3 Å². The third-order valence-electron chi connectivity index (χ3n) is 6.00. The molecule has 0 aliphatic carbocycles. The summed E-state index contributed by atoms with van der Waals surface area (Å²) in [5.74, 6) is -1.86. The van der Waals surface area contributed by atoms with Gasteiger partial charge in [0, 0.05) is 25.6 Å². The summed E-state index contributed by atoms with van der Waals surface area (Å²) in [6, 6.07) is 7.43. The molecular weight excluding hydrogens is 474 g/mol. The number of sulfone groups is 1. The zero-order valence-corrected chi connectivity index (χ0v) is 21.4. The number of aliphatic hydroxyl groups is 1. The van der Waals surface area contributed by atoms with E-state index >= 15 is 0 Å². The zero-order valence-electron chi connectivity index (χ0n) is 20.6. The molecule has 1 amide bonds. The van der Waals surface area contributed by atoms with Crippen molar-refractivity contribution >= 4 is 15.7 Å². The highest BCUT2D eigenvalue weighted by atomic mass is 32.2. The van der Waals surface area contributed by atoms with Gasteiger partial charge in [0.15, 0.2) is 9.84 Å². The molecular formula is C26H34F2N2O4S. The van der Waals surface area contributed by atoms with Gasteiger partial charge in [0.2, 0.25) is 5.91 Å². The molecule has 1 unspecified atom stereocenters. The summed E-state index contributed by atoms with van der Waals surface area (Å²) in [6.07, 6.45) is 0.0819. The predicted molar refractivity (Wildman–Crippen MR) is 131 cm³/mol. The fourth-order valence-corrected chi connectivity index (χ4v) is 6.16. The van der Waals surface area contributed by atoms with E-state index in [9.17, 15) is 27.1 Å². The molecule has 1 aliphatic heterocycles. The van der Waals surface area contributed by atoms with Crippen LogP contribution in [0.5, 0.6) is 0 Å². The van der Waals surface area contributed by atoms with Gasteiger partial charge >= 0.3 is 0 Å².